The SMILES string of the molecule is COC(=O)c1ccc(NCCC(=O)Nc2cc(Cl)cc(Cl)c2)cc1. The summed E-state index contributed by atoms with van der Waals surface area (Å²) < 4.78 is 4.63. The smallest absolute Gasteiger partial charge is 0.337 e. The van der Waals surface area contributed by atoms with Crippen LogP contribution in [0, 0.1) is 0 Å². The number of methoxy groups -OCH3 is 1. The van der Waals surface area contributed by atoms with Crippen LogP contribution in [0.1, 0.15) is 16.8 Å². The van der Waals surface area contributed by atoms with Gasteiger partial charge in [0.15, 0.2) is 0 Å². The second kappa shape index (κ2) is 8.57. The Hall–Kier alpha value is -2.24. The number of esters is 1. The maximum atomic E-state index is 11.9. The second-order valence-corrected chi connectivity index (χ2v) is 5.82. The van der Waals surface area contributed by atoms with Gasteiger partial charge in [-0.25, -0.2) is 4.79 Å². The third-order valence-corrected chi connectivity index (χ3v) is 3.57. The highest BCUT2D eigenvalue weighted by molar-refractivity contribution is 6.35. The summed E-state index contributed by atoms with van der Waals surface area (Å²) in [5, 5.41) is 6.76. The van der Waals surface area contributed by atoms with Crippen LogP contribution in [0.4, 0.5) is 11.4 Å². The van der Waals surface area contributed by atoms with Crippen molar-refractivity contribution in [2.75, 3.05) is 24.3 Å². The van der Waals surface area contributed by atoms with Gasteiger partial charge in [-0.3, -0.25) is 4.79 Å². The summed E-state index contributed by atoms with van der Waals surface area (Å²) >= 11 is 11.8. The van der Waals surface area contributed by atoms with Gasteiger partial charge in [-0.1, -0.05) is 23.2 Å². The van der Waals surface area contributed by atoms with Crippen molar-refractivity contribution in [2.45, 2.75) is 6.42 Å². The summed E-state index contributed by atoms with van der Waals surface area (Å²) in [6.45, 7) is 0.442. The minimum Gasteiger partial charge on any atom is -0.465 e. The average Bonchev–Trinajstić information content (AvgIpc) is 2.53. The first-order valence-corrected chi connectivity index (χ1v) is 7.92. The van der Waals surface area contributed by atoms with E-state index in [2.05, 4.69) is 15.4 Å². The van der Waals surface area contributed by atoms with Gasteiger partial charge >= 0.3 is 5.97 Å². The normalized spacial score (nSPS) is 10.1. The van der Waals surface area contributed by atoms with Crippen LogP contribution in [0.3, 0.4) is 0 Å². The molecular weight excluding hydrogens is 351 g/mol. The number of benzene rings is 2. The van der Waals surface area contributed by atoms with E-state index in [1.165, 1.54) is 7.11 Å². The van der Waals surface area contributed by atoms with Crippen molar-refractivity contribution >= 4 is 46.5 Å². The number of halogens is 2. The molecule has 1 amide bonds. The number of hydrogen-bond acceptors (Lipinski definition) is 4. The Morgan fingerprint density at radius 3 is 2.21 bits per heavy atom. The van der Waals surface area contributed by atoms with Gasteiger partial charge in [0.2, 0.25) is 5.91 Å². The molecule has 2 N–H and O–H groups in total. The third-order valence-electron chi connectivity index (χ3n) is 3.13. The zero-order valence-electron chi connectivity index (χ0n) is 12.9. The van der Waals surface area contributed by atoms with Crippen LogP contribution in [0.15, 0.2) is 42.5 Å². The fourth-order valence-corrected chi connectivity index (χ4v) is 2.54. The first-order chi connectivity index (χ1) is 11.5. The fraction of sp³-hybridized carbons (Fsp3) is 0.176. The highest BCUT2D eigenvalue weighted by Gasteiger charge is 2.06. The molecule has 0 atom stereocenters. The number of ether oxygens (including phenoxy) is 1. The van der Waals surface area contributed by atoms with Gasteiger partial charge in [-0.05, 0) is 42.5 Å². The first kappa shape index (κ1) is 18.1. The Kier molecular flexibility index (Phi) is 6.46. The maximum Gasteiger partial charge on any atom is 0.337 e. The van der Waals surface area contributed by atoms with Gasteiger partial charge in [0.25, 0.3) is 0 Å². The molecule has 5 nitrogen and oxygen atoms in total. The standard InChI is InChI=1S/C17H16Cl2N2O3/c1-24-17(23)11-2-4-14(5-3-11)20-7-6-16(22)21-15-9-12(18)8-13(19)10-15/h2-5,8-10,20H,6-7H2,1H3,(H,21,22). The molecule has 0 unspecified atom stereocenters. The number of carbonyl (C=O) groups excluding carboxylic acids is 2. The van der Waals surface area contributed by atoms with Crippen molar-refractivity contribution in [2.24, 2.45) is 0 Å². The van der Waals surface area contributed by atoms with Crippen LogP contribution in [0.5, 0.6) is 0 Å². The van der Waals surface area contributed by atoms with Crippen LogP contribution >= 0.6 is 23.2 Å². The highest BCUT2D eigenvalue weighted by Crippen LogP contribution is 2.22. The van der Waals surface area contributed by atoms with E-state index in [9.17, 15) is 9.59 Å². The Labute approximate surface area is 149 Å². The number of anilines is 2. The van der Waals surface area contributed by atoms with E-state index in [-0.39, 0.29) is 18.3 Å². The van der Waals surface area contributed by atoms with Gasteiger partial charge in [-0.2, -0.15) is 0 Å². The van der Waals surface area contributed by atoms with E-state index in [4.69, 9.17) is 23.2 Å². The second-order valence-electron chi connectivity index (χ2n) is 4.95. The van der Waals surface area contributed by atoms with Crippen molar-refractivity contribution < 1.29 is 14.3 Å². The maximum absolute atomic E-state index is 11.9. The molecule has 0 aromatic heterocycles. The van der Waals surface area contributed by atoms with E-state index in [1.807, 2.05) is 0 Å². The molecule has 0 aliphatic carbocycles. The summed E-state index contributed by atoms with van der Waals surface area (Å²) in [4.78, 5) is 23.2. The summed E-state index contributed by atoms with van der Waals surface area (Å²) in [6.07, 6.45) is 0.267. The highest BCUT2D eigenvalue weighted by atomic mass is 35.5. The lowest BCUT2D eigenvalue weighted by atomic mass is 10.2. The fourth-order valence-electron chi connectivity index (χ4n) is 2.01. The number of nitrogens with one attached hydrogen (secondary N) is 2. The van der Waals surface area contributed by atoms with Crippen molar-refractivity contribution in [3.8, 4) is 0 Å². The molecule has 0 heterocycles. The summed E-state index contributed by atoms with van der Waals surface area (Å²) in [5.74, 6) is -0.548. The molecule has 7 heteroatoms. The van der Waals surface area contributed by atoms with E-state index in [1.54, 1.807) is 42.5 Å². The van der Waals surface area contributed by atoms with E-state index >= 15 is 0 Å². The third kappa shape index (κ3) is 5.44. The minimum atomic E-state index is -0.388. The monoisotopic (exact) mass is 366 g/mol. The summed E-state index contributed by atoms with van der Waals surface area (Å²) in [7, 11) is 1.33. The lowest BCUT2D eigenvalue weighted by Gasteiger charge is -2.09. The zero-order valence-corrected chi connectivity index (χ0v) is 14.4. The Bertz CT molecular complexity index is 713. The van der Waals surface area contributed by atoms with Crippen molar-refractivity contribution in [1.29, 1.82) is 0 Å². The predicted octanol–water partition coefficient (Wildman–Crippen LogP) is 4.22. The van der Waals surface area contributed by atoms with Crippen molar-refractivity contribution in [3.05, 3.63) is 58.1 Å². The average molecular weight is 367 g/mol. The molecule has 0 radical (unpaired) electrons. The quantitative estimate of drug-likeness (QED) is 0.751. The van der Waals surface area contributed by atoms with E-state index in [0.717, 1.165) is 5.69 Å². The number of amides is 1. The molecule has 24 heavy (non-hydrogen) atoms. The topological polar surface area (TPSA) is 67.4 Å². The van der Waals surface area contributed by atoms with Gasteiger partial charge < -0.3 is 15.4 Å². The van der Waals surface area contributed by atoms with Crippen LogP contribution in [0.2, 0.25) is 10.0 Å². The van der Waals surface area contributed by atoms with Gasteiger partial charge in [0.1, 0.15) is 0 Å². The summed E-state index contributed by atoms with van der Waals surface area (Å²) in [6, 6.07) is 11.7. The number of carbonyl (C=O) groups is 2. The number of rotatable bonds is 6. The molecule has 0 aliphatic rings. The minimum absolute atomic E-state index is 0.160. The van der Waals surface area contributed by atoms with Gasteiger partial charge in [0.05, 0.1) is 12.7 Å². The van der Waals surface area contributed by atoms with Crippen LogP contribution < -0.4 is 10.6 Å². The van der Waals surface area contributed by atoms with Crippen molar-refractivity contribution in [3.63, 3.8) is 0 Å². The van der Waals surface area contributed by atoms with Crippen LogP contribution in [-0.4, -0.2) is 25.5 Å². The van der Waals surface area contributed by atoms with Crippen LogP contribution in [0.25, 0.3) is 0 Å². The van der Waals surface area contributed by atoms with Gasteiger partial charge in [0, 0.05) is 34.4 Å². The molecule has 2 aromatic rings. The zero-order chi connectivity index (χ0) is 17.5. The molecule has 2 rings (SSSR count). The molecule has 0 saturated heterocycles. The molecule has 126 valence electrons. The lowest BCUT2D eigenvalue weighted by Crippen LogP contribution is -2.16. The lowest BCUT2D eigenvalue weighted by molar-refractivity contribution is -0.115. The largest absolute Gasteiger partial charge is 0.465 e. The van der Waals surface area contributed by atoms with E-state index in [0.29, 0.717) is 27.8 Å². The molecule has 2 aromatic carbocycles. The Morgan fingerprint density at radius 1 is 1.00 bits per heavy atom. The summed E-state index contributed by atoms with van der Waals surface area (Å²) in [5.41, 5.74) is 1.83. The molecule has 0 fully saturated rings. The Morgan fingerprint density at radius 2 is 1.62 bits per heavy atom. The molecule has 0 bridgehead atoms. The van der Waals surface area contributed by atoms with Crippen LogP contribution in [-0.2, 0) is 9.53 Å². The van der Waals surface area contributed by atoms with E-state index < -0.39 is 0 Å². The molecule has 0 spiro atoms. The number of hydrogen-bond donors (Lipinski definition) is 2. The molecule has 0 saturated carbocycles. The first-order valence-electron chi connectivity index (χ1n) is 7.16. The van der Waals surface area contributed by atoms with Gasteiger partial charge in [-0.15, -0.1) is 0 Å². The molecule has 0 aliphatic heterocycles. The predicted molar refractivity (Wildman–Crippen MR) is 96.0 cm³/mol. The Balaban J connectivity index is 1.81. The van der Waals surface area contributed by atoms with Crippen molar-refractivity contribution in [1.82, 2.24) is 0 Å². The molecular formula is C17H16Cl2N2O3.